The lowest BCUT2D eigenvalue weighted by Crippen LogP contribution is -1.98. The number of anilines is 1. The predicted octanol–water partition coefficient (Wildman–Crippen LogP) is 4.28. The van der Waals surface area contributed by atoms with Gasteiger partial charge >= 0.3 is 0 Å². The van der Waals surface area contributed by atoms with Crippen molar-refractivity contribution in [1.82, 2.24) is 5.16 Å². The summed E-state index contributed by atoms with van der Waals surface area (Å²) in [4.78, 5) is 0. The summed E-state index contributed by atoms with van der Waals surface area (Å²) in [5, 5.41) is 6.56. The Morgan fingerprint density at radius 1 is 1.10 bits per heavy atom. The quantitative estimate of drug-likeness (QED) is 0.770. The summed E-state index contributed by atoms with van der Waals surface area (Å²) in [7, 11) is 0. The first-order chi connectivity index (χ1) is 9.66. The summed E-state index contributed by atoms with van der Waals surface area (Å²) < 4.78 is 5.23. The molecule has 0 radical (unpaired) electrons. The van der Waals surface area contributed by atoms with Gasteiger partial charge in [-0.25, -0.2) is 0 Å². The van der Waals surface area contributed by atoms with Gasteiger partial charge in [0.05, 0.1) is 0 Å². The Hall–Kier alpha value is -2.29. The largest absolute Gasteiger partial charge is 0.367 e. The number of hydrogen-bond acceptors (Lipinski definition) is 3. The number of nitrogens with two attached hydrogens (primary N) is 1. The molecule has 3 nitrogen and oxygen atoms in total. The van der Waals surface area contributed by atoms with Crippen molar-refractivity contribution in [3.63, 3.8) is 0 Å². The molecule has 0 saturated heterocycles. The van der Waals surface area contributed by atoms with Gasteiger partial charge in [0.25, 0.3) is 0 Å². The summed E-state index contributed by atoms with van der Waals surface area (Å²) in [6, 6.07) is 14.5. The predicted molar refractivity (Wildman–Crippen MR) is 82.4 cm³/mol. The zero-order valence-corrected chi connectivity index (χ0v) is 11.8. The monoisotopic (exact) mass is 266 g/mol. The summed E-state index contributed by atoms with van der Waals surface area (Å²) in [5.74, 6) is 0.937. The maximum Gasteiger partial charge on any atom is 0.225 e. The van der Waals surface area contributed by atoms with E-state index in [1.165, 1.54) is 10.8 Å². The zero-order valence-electron chi connectivity index (χ0n) is 11.8. The van der Waals surface area contributed by atoms with Crippen molar-refractivity contribution in [2.75, 3.05) is 5.73 Å². The molecule has 0 saturated carbocycles. The Morgan fingerprint density at radius 2 is 1.85 bits per heavy atom. The third kappa shape index (κ3) is 2.16. The fourth-order valence-corrected chi connectivity index (χ4v) is 2.57. The van der Waals surface area contributed by atoms with Crippen LogP contribution in [0.2, 0.25) is 0 Å². The Balaban J connectivity index is 2.21. The van der Waals surface area contributed by atoms with Gasteiger partial charge in [-0.05, 0) is 23.1 Å². The smallest absolute Gasteiger partial charge is 0.225 e. The first-order valence-electron chi connectivity index (χ1n) is 6.89. The van der Waals surface area contributed by atoms with Gasteiger partial charge in [-0.15, -0.1) is 0 Å². The average molecular weight is 266 g/mol. The SMILES string of the molecule is CC(C)Cc1c(-c2cccc3ccccc23)noc1N. The molecule has 0 aliphatic carbocycles. The van der Waals surface area contributed by atoms with Crippen molar-refractivity contribution in [3.05, 3.63) is 48.0 Å². The molecule has 3 rings (SSSR count). The lowest BCUT2D eigenvalue weighted by atomic mass is 9.96. The zero-order chi connectivity index (χ0) is 14.1. The standard InChI is InChI=1S/C17H18N2O/c1-11(2)10-15-16(19-20-17(15)18)14-9-5-7-12-6-3-4-8-13(12)14/h3-9,11H,10,18H2,1-2H3. The van der Waals surface area contributed by atoms with E-state index < -0.39 is 0 Å². The molecule has 0 fully saturated rings. The molecule has 0 amide bonds. The summed E-state index contributed by atoms with van der Waals surface area (Å²) >= 11 is 0. The highest BCUT2D eigenvalue weighted by molar-refractivity contribution is 5.96. The van der Waals surface area contributed by atoms with Crippen LogP contribution in [-0.4, -0.2) is 5.16 Å². The van der Waals surface area contributed by atoms with Gasteiger partial charge in [-0.3, -0.25) is 0 Å². The van der Waals surface area contributed by atoms with Crippen LogP contribution >= 0.6 is 0 Å². The van der Waals surface area contributed by atoms with Crippen molar-refractivity contribution in [2.45, 2.75) is 20.3 Å². The average Bonchev–Trinajstić information content (AvgIpc) is 2.79. The molecule has 0 aliphatic rings. The number of nitrogens with zero attached hydrogens (tertiary/aromatic N) is 1. The Morgan fingerprint density at radius 3 is 2.65 bits per heavy atom. The third-order valence-corrected chi connectivity index (χ3v) is 3.48. The van der Waals surface area contributed by atoms with Crippen LogP contribution in [0, 0.1) is 5.92 Å². The first-order valence-corrected chi connectivity index (χ1v) is 6.89. The second kappa shape index (κ2) is 5.00. The van der Waals surface area contributed by atoms with Crippen molar-refractivity contribution in [3.8, 4) is 11.3 Å². The molecule has 0 atom stereocenters. The van der Waals surface area contributed by atoms with Gasteiger partial charge < -0.3 is 10.3 Å². The van der Waals surface area contributed by atoms with E-state index >= 15 is 0 Å². The van der Waals surface area contributed by atoms with Crippen LogP contribution in [0.25, 0.3) is 22.0 Å². The highest BCUT2D eigenvalue weighted by Crippen LogP contribution is 2.33. The van der Waals surface area contributed by atoms with E-state index in [2.05, 4.69) is 43.3 Å². The minimum atomic E-state index is 0.432. The number of hydrogen-bond donors (Lipinski definition) is 1. The molecule has 0 bridgehead atoms. The van der Waals surface area contributed by atoms with Crippen molar-refractivity contribution >= 4 is 16.7 Å². The van der Waals surface area contributed by atoms with E-state index in [-0.39, 0.29) is 0 Å². The number of fused-ring (bicyclic) bond motifs is 1. The Bertz CT molecular complexity index is 738. The summed E-state index contributed by atoms with van der Waals surface area (Å²) in [6.45, 7) is 4.33. The molecule has 0 spiro atoms. The number of aromatic nitrogens is 1. The Kier molecular flexibility index (Phi) is 3.18. The minimum Gasteiger partial charge on any atom is -0.367 e. The van der Waals surface area contributed by atoms with Crippen LogP contribution in [0.3, 0.4) is 0 Å². The molecule has 1 heterocycles. The number of benzene rings is 2. The molecule has 20 heavy (non-hydrogen) atoms. The first kappa shape index (κ1) is 12.7. The van der Waals surface area contributed by atoms with Crippen molar-refractivity contribution in [2.24, 2.45) is 5.92 Å². The van der Waals surface area contributed by atoms with Crippen LogP contribution in [0.15, 0.2) is 47.0 Å². The number of nitrogen functional groups attached to an aromatic ring is 1. The fraction of sp³-hybridized carbons (Fsp3) is 0.235. The van der Waals surface area contributed by atoms with Gasteiger partial charge in [0.2, 0.25) is 5.88 Å². The normalized spacial score (nSPS) is 11.3. The minimum absolute atomic E-state index is 0.432. The molecule has 3 heteroatoms. The highest BCUT2D eigenvalue weighted by Gasteiger charge is 2.18. The van der Waals surface area contributed by atoms with E-state index in [0.717, 1.165) is 23.2 Å². The van der Waals surface area contributed by atoms with E-state index in [1.54, 1.807) is 0 Å². The van der Waals surface area contributed by atoms with Crippen molar-refractivity contribution < 1.29 is 4.52 Å². The van der Waals surface area contributed by atoms with Gasteiger partial charge in [0, 0.05) is 11.1 Å². The molecule has 2 N–H and O–H groups in total. The summed E-state index contributed by atoms with van der Waals surface area (Å²) in [5.41, 5.74) is 8.90. The van der Waals surface area contributed by atoms with Gasteiger partial charge in [0.15, 0.2) is 0 Å². The number of rotatable bonds is 3. The van der Waals surface area contributed by atoms with Crippen LogP contribution < -0.4 is 5.73 Å². The fourth-order valence-electron chi connectivity index (χ4n) is 2.57. The lowest BCUT2D eigenvalue weighted by molar-refractivity contribution is 0.438. The molecule has 1 aromatic heterocycles. The van der Waals surface area contributed by atoms with Gasteiger partial charge in [0.1, 0.15) is 5.69 Å². The second-order valence-corrected chi connectivity index (χ2v) is 5.50. The molecule has 102 valence electrons. The van der Waals surface area contributed by atoms with Crippen LogP contribution in [0.1, 0.15) is 19.4 Å². The third-order valence-electron chi connectivity index (χ3n) is 3.48. The molecule has 2 aromatic carbocycles. The van der Waals surface area contributed by atoms with Gasteiger partial charge in [-0.1, -0.05) is 61.5 Å². The van der Waals surface area contributed by atoms with Crippen molar-refractivity contribution in [1.29, 1.82) is 0 Å². The van der Waals surface area contributed by atoms with E-state index in [9.17, 15) is 0 Å². The van der Waals surface area contributed by atoms with Crippen LogP contribution in [0.4, 0.5) is 5.88 Å². The molecular formula is C17H18N2O. The maximum atomic E-state index is 5.94. The molecule has 0 unspecified atom stereocenters. The maximum absolute atomic E-state index is 5.94. The van der Waals surface area contributed by atoms with Crippen LogP contribution in [-0.2, 0) is 6.42 Å². The second-order valence-electron chi connectivity index (χ2n) is 5.50. The lowest BCUT2D eigenvalue weighted by Gasteiger charge is -2.07. The topological polar surface area (TPSA) is 52.0 Å². The van der Waals surface area contributed by atoms with E-state index in [0.29, 0.717) is 11.8 Å². The highest BCUT2D eigenvalue weighted by atomic mass is 16.5. The summed E-state index contributed by atoms with van der Waals surface area (Å²) in [6.07, 6.45) is 0.869. The molecular weight excluding hydrogens is 248 g/mol. The van der Waals surface area contributed by atoms with E-state index in [4.69, 9.17) is 10.3 Å². The Labute approximate surface area is 118 Å². The van der Waals surface area contributed by atoms with E-state index in [1.807, 2.05) is 18.2 Å². The van der Waals surface area contributed by atoms with Gasteiger partial charge in [-0.2, -0.15) is 0 Å². The molecule has 0 aliphatic heterocycles. The molecule has 3 aromatic rings. The van der Waals surface area contributed by atoms with Crippen LogP contribution in [0.5, 0.6) is 0 Å².